The van der Waals surface area contributed by atoms with Crippen LogP contribution in [0.4, 0.5) is 20.2 Å². The van der Waals surface area contributed by atoms with Crippen molar-refractivity contribution in [2.45, 2.75) is 40.3 Å². The predicted octanol–water partition coefficient (Wildman–Crippen LogP) is 3.04. The molecule has 2 amide bonds. The third-order valence-electron chi connectivity index (χ3n) is 4.77. The van der Waals surface area contributed by atoms with Crippen LogP contribution >= 0.6 is 15.9 Å². The van der Waals surface area contributed by atoms with Crippen LogP contribution in [0.5, 0.6) is 0 Å². The molecule has 0 aromatic carbocycles. The Morgan fingerprint density at radius 1 is 1.10 bits per heavy atom. The zero-order chi connectivity index (χ0) is 22.9. The minimum atomic E-state index is -2.77. The van der Waals surface area contributed by atoms with Gasteiger partial charge in [0.15, 0.2) is 0 Å². The number of amides is 2. The van der Waals surface area contributed by atoms with Crippen molar-refractivity contribution in [3.8, 4) is 0 Å². The molecule has 3 aromatic heterocycles. The van der Waals surface area contributed by atoms with Gasteiger partial charge in [0.2, 0.25) is 5.91 Å². The van der Waals surface area contributed by atoms with Gasteiger partial charge in [-0.25, -0.2) is 8.78 Å². The van der Waals surface area contributed by atoms with Crippen LogP contribution in [0.2, 0.25) is 0 Å². The Kier molecular flexibility index (Phi) is 6.53. The maximum atomic E-state index is 13.0. The topological polar surface area (TPSA) is 112 Å². The molecule has 0 radical (unpaired) electrons. The van der Waals surface area contributed by atoms with E-state index in [1.807, 2.05) is 0 Å². The highest BCUT2D eigenvalue weighted by Crippen LogP contribution is 2.29. The first kappa shape index (κ1) is 22.6. The number of carbonyl (C=O) groups excluding carboxylic acids is 2. The van der Waals surface area contributed by atoms with Crippen molar-refractivity contribution < 1.29 is 18.4 Å². The average molecular weight is 499 g/mol. The lowest BCUT2D eigenvalue weighted by Gasteiger charge is -2.10. The lowest BCUT2D eigenvalue weighted by molar-refractivity contribution is -0.117. The van der Waals surface area contributed by atoms with Crippen LogP contribution < -0.4 is 10.6 Å². The predicted molar refractivity (Wildman–Crippen MR) is 112 cm³/mol. The lowest BCUT2D eigenvalue weighted by Crippen LogP contribution is -2.24. The fourth-order valence-electron chi connectivity index (χ4n) is 2.93. The minimum Gasteiger partial charge on any atom is -0.321 e. The Balaban J connectivity index is 1.80. The van der Waals surface area contributed by atoms with E-state index in [-0.39, 0.29) is 22.4 Å². The number of aryl methyl sites for hydroxylation is 2. The number of alkyl halides is 2. The van der Waals surface area contributed by atoms with Crippen molar-refractivity contribution >= 4 is 39.1 Å². The molecule has 0 saturated carbocycles. The van der Waals surface area contributed by atoms with Gasteiger partial charge in [0, 0.05) is 13.6 Å². The van der Waals surface area contributed by atoms with Crippen molar-refractivity contribution in [3.63, 3.8) is 0 Å². The zero-order valence-corrected chi connectivity index (χ0v) is 18.9. The van der Waals surface area contributed by atoms with Gasteiger partial charge in [0.25, 0.3) is 12.3 Å². The summed E-state index contributed by atoms with van der Waals surface area (Å²) in [6.45, 7) is 5.27. The standard InChI is InChI=1S/C18H21BrF2N8O2/c1-5-28-16(18(31)25-11-6-22-27(4)9(11)2)12(7-23-28)24-13(30)8-29-10(3)14(19)15(26-29)17(20)21/h6-7,17H,5,8H2,1-4H3,(H,24,30)(H,25,31). The Morgan fingerprint density at radius 3 is 2.32 bits per heavy atom. The number of aromatic nitrogens is 6. The molecule has 0 saturated heterocycles. The molecule has 2 N–H and O–H groups in total. The fourth-order valence-corrected chi connectivity index (χ4v) is 3.38. The summed E-state index contributed by atoms with van der Waals surface area (Å²) in [5, 5.41) is 17.4. The highest BCUT2D eigenvalue weighted by Gasteiger charge is 2.24. The Hall–Kier alpha value is -3.09. The molecule has 0 atom stereocenters. The van der Waals surface area contributed by atoms with E-state index in [2.05, 4.69) is 41.9 Å². The summed E-state index contributed by atoms with van der Waals surface area (Å²) in [4.78, 5) is 25.4. The van der Waals surface area contributed by atoms with Gasteiger partial charge in [-0.15, -0.1) is 0 Å². The molecule has 0 fully saturated rings. The van der Waals surface area contributed by atoms with Crippen LogP contribution in [0.1, 0.15) is 40.9 Å². The van der Waals surface area contributed by atoms with Gasteiger partial charge in [-0.05, 0) is 36.7 Å². The van der Waals surface area contributed by atoms with Crippen LogP contribution in [0, 0.1) is 13.8 Å². The summed E-state index contributed by atoms with van der Waals surface area (Å²) in [5.41, 5.74) is 1.60. The smallest absolute Gasteiger partial charge is 0.283 e. The summed E-state index contributed by atoms with van der Waals surface area (Å²) in [5.74, 6) is -1.01. The first-order valence-corrected chi connectivity index (χ1v) is 10.1. The highest BCUT2D eigenvalue weighted by molar-refractivity contribution is 9.10. The van der Waals surface area contributed by atoms with Crippen LogP contribution in [-0.2, 0) is 24.9 Å². The molecule has 166 valence electrons. The number of carbonyl (C=O) groups is 2. The van der Waals surface area contributed by atoms with Gasteiger partial charge in [-0.3, -0.25) is 23.6 Å². The molecule has 0 bridgehead atoms. The van der Waals surface area contributed by atoms with E-state index >= 15 is 0 Å². The molecule has 31 heavy (non-hydrogen) atoms. The summed E-state index contributed by atoms with van der Waals surface area (Å²) < 4.78 is 30.4. The van der Waals surface area contributed by atoms with E-state index in [0.29, 0.717) is 17.9 Å². The third kappa shape index (κ3) is 4.50. The molecule has 3 rings (SSSR count). The third-order valence-corrected chi connectivity index (χ3v) is 5.75. The number of nitrogens with zero attached hydrogens (tertiary/aromatic N) is 6. The molecule has 0 aliphatic rings. The van der Waals surface area contributed by atoms with E-state index in [9.17, 15) is 18.4 Å². The van der Waals surface area contributed by atoms with Crippen LogP contribution in [-0.4, -0.2) is 41.2 Å². The average Bonchev–Trinajstić information content (AvgIpc) is 3.35. The number of nitrogens with one attached hydrogen (secondary N) is 2. The molecule has 3 aromatic rings. The second kappa shape index (κ2) is 8.96. The molecular formula is C18H21BrF2N8O2. The van der Waals surface area contributed by atoms with Gasteiger partial charge in [0.1, 0.15) is 17.9 Å². The molecule has 10 nitrogen and oxygen atoms in total. The SMILES string of the molecule is CCn1ncc(NC(=O)Cn2nc(C(F)F)c(Br)c2C)c1C(=O)Nc1cnn(C)c1C. The van der Waals surface area contributed by atoms with Crippen molar-refractivity contribution in [3.05, 3.63) is 39.6 Å². The van der Waals surface area contributed by atoms with Gasteiger partial charge in [0.05, 0.1) is 39.6 Å². The number of anilines is 2. The Bertz CT molecular complexity index is 1130. The van der Waals surface area contributed by atoms with E-state index < -0.39 is 23.9 Å². The normalized spacial score (nSPS) is 11.2. The highest BCUT2D eigenvalue weighted by atomic mass is 79.9. The van der Waals surface area contributed by atoms with Crippen molar-refractivity contribution in [1.82, 2.24) is 29.3 Å². The minimum absolute atomic E-state index is 0.154. The van der Waals surface area contributed by atoms with E-state index in [1.54, 1.807) is 32.5 Å². The number of hydrogen-bond acceptors (Lipinski definition) is 5. The fraction of sp³-hybridized carbons (Fsp3) is 0.389. The van der Waals surface area contributed by atoms with Crippen molar-refractivity contribution in [1.29, 1.82) is 0 Å². The summed E-state index contributed by atoms with van der Waals surface area (Å²) >= 11 is 3.07. The maximum Gasteiger partial charge on any atom is 0.283 e. The molecular weight excluding hydrogens is 478 g/mol. The van der Waals surface area contributed by atoms with E-state index in [0.717, 1.165) is 5.69 Å². The Labute approximate surface area is 184 Å². The van der Waals surface area contributed by atoms with Gasteiger partial charge >= 0.3 is 0 Å². The second-order valence-corrected chi connectivity index (χ2v) is 7.53. The Morgan fingerprint density at radius 2 is 1.77 bits per heavy atom. The molecule has 13 heteroatoms. The largest absolute Gasteiger partial charge is 0.321 e. The number of halogens is 3. The number of rotatable bonds is 7. The van der Waals surface area contributed by atoms with Crippen LogP contribution in [0.25, 0.3) is 0 Å². The van der Waals surface area contributed by atoms with Crippen molar-refractivity contribution in [2.75, 3.05) is 10.6 Å². The first-order chi connectivity index (χ1) is 14.6. The van der Waals surface area contributed by atoms with Gasteiger partial charge < -0.3 is 10.6 Å². The first-order valence-electron chi connectivity index (χ1n) is 9.30. The van der Waals surface area contributed by atoms with Gasteiger partial charge in [-0.2, -0.15) is 15.3 Å². The summed E-state index contributed by atoms with van der Waals surface area (Å²) in [7, 11) is 1.75. The summed E-state index contributed by atoms with van der Waals surface area (Å²) in [6.07, 6.45) is 0.117. The maximum absolute atomic E-state index is 13.0. The number of hydrogen-bond donors (Lipinski definition) is 2. The molecule has 3 heterocycles. The van der Waals surface area contributed by atoms with E-state index in [4.69, 9.17) is 0 Å². The molecule has 0 aliphatic heterocycles. The molecule has 0 aliphatic carbocycles. The van der Waals surface area contributed by atoms with Crippen molar-refractivity contribution in [2.24, 2.45) is 7.05 Å². The van der Waals surface area contributed by atoms with Crippen LogP contribution in [0.15, 0.2) is 16.9 Å². The van der Waals surface area contributed by atoms with E-state index in [1.165, 1.54) is 21.8 Å². The molecule has 0 spiro atoms. The lowest BCUT2D eigenvalue weighted by atomic mass is 10.3. The van der Waals surface area contributed by atoms with Crippen LogP contribution in [0.3, 0.4) is 0 Å². The monoisotopic (exact) mass is 498 g/mol. The van der Waals surface area contributed by atoms with Gasteiger partial charge in [-0.1, -0.05) is 0 Å². The zero-order valence-electron chi connectivity index (χ0n) is 17.3. The summed E-state index contributed by atoms with van der Waals surface area (Å²) in [6, 6.07) is 0. The molecule has 0 unspecified atom stereocenters. The quantitative estimate of drug-likeness (QED) is 0.519. The second-order valence-electron chi connectivity index (χ2n) is 6.74.